The van der Waals surface area contributed by atoms with Gasteiger partial charge in [-0.2, -0.15) is 26.3 Å². The number of hydrogen-bond donors (Lipinski definition) is 0. The summed E-state index contributed by atoms with van der Waals surface area (Å²) in [5.41, 5.74) is -1.80. The number of ether oxygens (including phenoxy) is 2. The van der Waals surface area contributed by atoms with E-state index in [9.17, 15) is 35.9 Å². The van der Waals surface area contributed by atoms with E-state index in [2.05, 4.69) is 0 Å². The van der Waals surface area contributed by atoms with Crippen LogP contribution in [0.25, 0.3) is 5.69 Å². The van der Waals surface area contributed by atoms with E-state index in [1.165, 1.54) is 33.0 Å². The predicted octanol–water partition coefficient (Wildman–Crippen LogP) is 7.52. The van der Waals surface area contributed by atoms with Gasteiger partial charge in [0.15, 0.2) is 0 Å². The van der Waals surface area contributed by atoms with Crippen LogP contribution in [-0.2, 0) is 17.1 Å². The molecule has 0 spiro atoms. The molecule has 13 heteroatoms. The van der Waals surface area contributed by atoms with E-state index in [0.29, 0.717) is 46.3 Å². The third-order valence-electron chi connectivity index (χ3n) is 7.74. The lowest BCUT2D eigenvalue weighted by Gasteiger charge is -2.40. The van der Waals surface area contributed by atoms with E-state index in [1.54, 1.807) is 48.5 Å². The van der Waals surface area contributed by atoms with Gasteiger partial charge in [-0.3, -0.25) is 14.5 Å². The lowest BCUT2D eigenvalue weighted by Crippen LogP contribution is -2.48. The van der Waals surface area contributed by atoms with Crippen LogP contribution >= 0.6 is 0 Å². The maximum Gasteiger partial charge on any atom is 0.416 e. The van der Waals surface area contributed by atoms with Gasteiger partial charge in [0.1, 0.15) is 24.1 Å². The highest BCUT2D eigenvalue weighted by Crippen LogP contribution is 2.46. The van der Waals surface area contributed by atoms with Crippen LogP contribution in [-0.4, -0.2) is 48.1 Å². The van der Waals surface area contributed by atoms with Crippen molar-refractivity contribution < 1.29 is 45.4 Å². The smallest absolute Gasteiger partial charge is 0.416 e. The molecule has 1 aliphatic rings. The number of aromatic nitrogens is 1. The molecule has 0 aliphatic carbocycles. The Balaban J connectivity index is 1.62. The van der Waals surface area contributed by atoms with Crippen molar-refractivity contribution in [2.45, 2.75) is 38.3 Å². The second-order valence-electron chi connectivity index (χ2n) is 10.9. The lowest BCUT2D eigenvalue weighted by molar-refractivity contribution is -0.143. The van der Waals surface area contributed by atoms with E-state index in [-0.39, 0.29) is 6.07 Å². The molecule has 0 saturated carbocycles. The summed E-state index contributed by atoms with van der Waals surface area (Å²) in [6.45, 7) is 2.37. The van der Waals surface area contributed by atoms with Crippen molar-refractivity contribution in [3.05, 3.63) is 107 Å². The number of benzene rings is 3. The number of fused-ring (bicyclic) bond motifs is 3. The number of rotatable bonds is 7. The van der Waals surface area contributed by atoms with Crippen molar-refractivity contribution in [3.8, 4) is 17.2 Å². The fraction of sp³-hybridized carbons (Fsp3) is 0.273. The Labute approximate surface area is 260 Å². The zero-order valence-electron chi connectivity index (χ0n) is 25.1. The zero-order valence-corrected chi connectivity index (χ0v) is 25.1. The number of carbonyl (C=O) groups excluding carboxylic acids is 2. The molecule has 5 rings (SSSR count). The zero-order chi connectivity index (χ0) is 33.6. The molecule has 1 aromatic heterocycles. The highest BCUT2D eigenvalue weighted by molar-refractivity contribution is 6.03. The highest BCUT2D eigenvalue weighted by Gasteiger charge is 2.41. The maximum absolute atomic E-state index is 14.4. The second-order valence-corrected chi connectivity index (χ2v) is 10.9. The summed E-state index contributed by atoms with van der Waals surface area (Å²) in [6, 6.07) is 14.8. The number of amides is 2. The summed E-state index contributed by atoms with van der Waals surface area (Å²) in [4.78, 5) is 30.5. The SMILES string of the molecule is COc1ccc(OC)c(C2c3cccn3-c3ccccc3N2C(=O)CN(C(=O)c2cc(C(F)(F)F)cc(C(F)(F)F)c2)C(C)C)c1. The first-order valence-electron chi connectivity index (χ1n) is 14.1. The first-order valence-corrected chi connectivity index (χ1v) is 14.1. The number of methoxy groups -OCH3 is 2. The van der Waals surface area contributed by atoms with Gasteiger partial charge < -0.3 is 18.9 Å². The molecule has 46 heavy (non-hydrogen) atoms. The minimum atomic E-state index is -5.15. The number of anilines is 1. The highest BCUT2D eigenvalue weighted by atomic mass is 19.4. The van der Waals surface area contributed by atoms with Gasteiger partial charge in [-0.15, -0.1) is 0 Å². The van der Waals surface area contributed by atoms with Crippen LogP contribution in [0.3, 0.4) is 0 Å². The Hall–Kier alpha value is -4.94. The molecule has 1 unspecified atom stereocenters. The van der Waals surface area contributed by atoms with Gasteiger partial charge in [0.2, 0.25) is 5.91 Å². The number of carbonyl (C=O) groups is 2. The fourth-order valence-electron chi connectivity index (χ4n) is 5.56. The van der Waals surface area contributed by atoms with E-state index in [1.807, 2.05) is 16.8 Å². The van der Waals surface area contributed by atoms with Crippen molar-refractivity contribution in [1.82, 2.24) is 9.47 Å². The summed E-state index contributed by atoms with van der Waals surface area (Å²) in [7, 11) is 2.95. The van der Waals surface area contributed by atoms with Gasteiger partial charge in [0.25, 0.3) is 5.91 Å². The molecule has 3 aromatic carbocycles. The second kappa shape index (κ2) is 12.1. The Morgan fingerprint density at radius 1 is 0.826 bits per heavy atom. The monoisotopic (exact) mass is 645 g/mol. The molecule has 0 radical (unpaired) electrons. The van der Waals surface area contributed by atoms with E-state index >= 15 is 0 Å². The van der Waals surface area contributed by atoms with Crippen molar-refractivity contribution in [2.75, 3.05) is 25.7 Å². The van der Waals surface area contributed by atoms with E-state index < -0.39 is 59.5 Å². The Kier molecular flexibility index (Phi) is 8.54. The summed E-state index contributed by atoms with van der Waals surface area (Å²) in [5, 5.41) is 0. The molecule has 0 fully saturated rings. The number of nitrogens with zero attached hydrogens (tertiary/aromatic N) is 3. The number of halogens is 6. The molecule has 2 heterocycles. The Morgan fingerprint density at radius 3 is 2.02 bits per heavy atom. The van der Waals surface area contributed by atoms with Gasteiger partial charge in [-0.05, 0) is 74.5 Å². The molecule has 0 bridgehead atoms. The maximum atomic E-state index is 14.4. The molecule has 4 aromatic rings. The molecule has 2 amide bonds. The van der Waals surface area contributed by atoms with Crippen LogP contribution in [0, 0.1) is 0 Å². The predicted molar refractivity (Wildman–Crippen MR) is 157 cm³/mol. The molecule has 242 valence electrons. The van der Waals surface area contributed by atoms with E-state index in [0.717, 1.165) is 4.90 Å². The Morgan fingerprint density at radius 2 is 1.46 bits per heavy atom. The van der Waals surface area contributed by atoms with Gasteiger partial charge in [-0.1, -0.05) is 12.1 Å². The van der Waals surface area contributed by atoms with Crippen molar-refractivity contribution >= 4 is 17.5 Å². The fourth-order valence-corrected chi connectivity index (χ4v) is 5.56. The van der Waals surface area contributed by atoms with Gasteiger partial charge in [-0.25, -0.2) is 0 Å². The molecule has 1 atom stereocenters. The van der Waals surface area contributed by atoms with Gasteiger partial charge >= 0.3 is 12.4 Å². The molecular weight excluding hydrogens is 616 g/mol. The first-order chi connectivity index (χ1) is 21.6. The van der Waals surface area contributed by atoms with Crippen molar-refractivity contribution in [2.24, 2.45) is 0 Å². The minimum Gasteiger partial charge on any atom is -0.497 e. The van der Waals surface area contributed by atoms with Crippen molar-refractivity contribution in [1.29, 1.82) is 0 Å². The topological polar surface area (TPSA) is 64.0 Å². The normalized spacial score (nSPS) is 14.5. The third-order valence-corrected chi connectivity index (χ3v) is 7.74. The summed E-state index contributed by atoms with van der Waals surface area (Å²) >= 11 is 0. The van der Waals surface area contributed by atoms with Crippen LogP contribution < -0.4 is 14.4 Å². The average Bonchev–Trinajstić information content (AvgIpc) is 3.51. The Bertz CT molecular complexity index is 1750. The van der Waals surface area contributed by atoms with Crippen LogP contribution in [0.5, 0.6) is 11.5 Å². The number of alkyl halides is 6. The minimum absolute atomic E-state index is 0.0481. The van der Waals surface area contributed by atoms with Crippen LogP contribution in [0.1, 0.15) is 52.6 Å². The summed E-state index contributed by atoms with van der Waals surface area (Å²) in [6.07, 6.45) is -8.47. The quantitative estimate of drug-likeness (QED) is 0.195. The van der Waals surface area contributed by atoms with Crippen LogP contribution in [0.15, 0.2) is 79.0 Å². The summed E-state index contributed by atoms with van der Waals surface area (Å²) < 4.78 is 94.6. The molecular formula is C33H29F6N3O4. The summed E-state index contributed by atoms with van der Waals surface area (Å²) in [5.74, 6) is -0.899. The standard InChI is InChI=1S/C33H29F6N3O4/c1-19(2)41(31(44)20-14-21(32(34,35)36)16-22(15-20)33(37,38)39)18-29(43)42-26-9-6-5-8-25(26)40-13-7-10-27(40)30(42)24-17-23(45-3)11-12-28(24)46-4/h5-17,19,30H,18H2,1-4H3. The van der Waals surface area contributed by atoms with Gasteiger partial charge in [0.05, 0.1) is 42.4 Å². The van der Waals surface area contributed by atoms with Crippen LogP contribution in [0.4, 0.5) is 32.0 Å². The van der Waals surface area contributed by atoms with Gasteiger partial charge in [0, 0.05) is 23.4 Å². The molecule has 0 N–H and O–H groups in total. The molecule has 7 nitrogen and oxygen atoms in total. The van der Waals surface area contributed by atoms with Crippen LogP contribution in [0.2, 0.25) is 0 Å². The third kappa shape index (κ3) is 6.01. The van der Waals surface area contributed by atoms with E-state index in [4.69, 9.17) is 9.47 Å². The molecule has 0 saturated heterocycles. The lowest BCUT2D eigenvalue weighted by atomic mass is 9.96. The number of para-hydroxylation sites is 2. The average molecular weight is 646 g/mol. The molecule has 1 aliphatic heterocycles. The first kappa shape index (κ1) is 32.5. The number of hydrogen-bond acceptors (Lipinski definition) is 4. The van der Waals surface area contributed by atoms with Crippen molar-refractivity contribution in [3.63, 3.8) is 0 Å². The largest absolute Gasteiger partial charge is 0.497 e.